The zero-order valence-corrected chi connectivity index (χ0v) is 11.2. The summed E-state index contributed by atoms with van der Waals surface area (Å²) in [4.78, 5) is 0. The monoisotopic (exact) mass is 237 g/mol. The van der Waals surface area contributed by atoms with Crippen molar-refractivity contribution in [3.8, 4) is 5.75 Å². The van der Waals surface area contributed by atoms with Crippen molar-refractivity contribution in [1.82, 2.24) is 5.32 Å². The average Bonchev–Trinajstić information content (AvgIpc) is 2.21. The molecule has 0 aliphatic rings. The van der Waals surface area contributed by atoms with Gasteiger partial charge in [0.25, 0.3) is 0 Å². The summed E-state index contributed by atoms with van der Waals surface area (Å²) < 4.78 is 0. The molecule has 17 heavy (non-hydrogen) atoms. The van der Waals surface area contributed by atoms with Gasteiger partial charge in [0.1, 0.15) is 5.75 Å². The highest BCUT2D eigenvalue weighted by molar-refractivity contribution is 5.46. The van der Waals surface area contributed by atoms with Gasteiger partial charge in [0.05, 0.1) is 6.61 Å². The van der Waals surface area contributed by atoms with Crippen LogP contribution in [0.2, 0.25) is 0 Å². The van der Waals surface area contributed by atoms with Crippen LogP contribution in [0, 0.1) is 6.92 Å². The van der Waals surface area contributed by atoms with E-state index < -0.39 is 0 Å². The average molecular weight is 237 g/mol. The van der Waals surface area contributed by atoms with Crippen LogP contribution in [0.5, 0.6) is 5.75 Å². The van der Waals surface area contributed by atoms with Gasteiger partial charge in [-0.15, -0.1) is 0 Å². The molecule has 3 heteroatoms. The summed E-state index contributed by atoms with van der Waals surface area (Å²) >= 11 is 0. The molecule has 96 valence electrons. The molecule has 3 N–H and O–H groups in total. The number of aliphatic hydroxyl groups is 1. The lowest BCUT2D eigenvalue weighted by Gasteiger charge is -2.22. The van der Waals surface area contributed by atoms with Crippen molar-refractivity contribution in [2.24, 2.45) is 0 Å². The van der Waals surface area contributed by atoms with Gasteiger partial charge in [-0.2, -0.15) is 0 Å². The Balaban J connectivity index is 2.98. The maximum Gasteiger partial charge on any atom is 0.122 e. The van der Waals surface area contributed by atoms with E-state index in [0.29, 0.717) is 18.8 Å². The number of hydrogen-bond donors (Lipinski definition) is 3. The molecule has 0 saturated carbocycles. The van der Waals surface area contributed by atoms with E-state index in [1.54, 1.807) is 0 Å². The molecule has 0 atom stereocenters. The molecule has 0 aromatic heterocycles. The number of aliphatic hydroxyl groups excluding tert-OH is 1. The molecule has 1 aromatic rings. The Kier molecular flexibility index (Phi) is 4.54. The Labute approximate surface area is 103 Å². The topological polar surface area (TPSA) is 52.5 Å². The molecule has 0 aliphatic carbocycles. The van der Waals surface area contributed by atoms with Crippen molar-refractivity contribution in [2.75, 3.05) is 13.2 Å². The summed E-state index contributed by atoms with van der Waals surface area (Å²) in [7, 11) is 0. The van der Waals surface area contributed by atoms with Gasteiger partial charge in [-0.3, -0.25) is 0 Å². The molecule has 3 nitrogen and oxygen atoms in total. The van der Waals surface area contributed by atoms with Gasteiger partial charge in [-0.1, -0.05) is 32.9 Å². The minimum absolute atomic E-state index is 0.0676. The van der Waals surface area contributed by atoms with E-state index >= 15 is 0 Å². The number of phenols is 1. The summed E-state index contributed by atoms with van der Waals surface area (Å²) in [5.41, 5.74) is 2.94. The van der Waals surface area contributed by atoms with Gasteiger partial charge in [-0.05, 0) is 29.0 Å². The molecule has 0 spiro atoms. The summed E-state index contributed by atoms with van der Waals surface area (Å²) in [5.74, 6) is 0.392. The predicted molar refractivity (Wildman–Crippen MR) is 70.3 cm³/mol. The predicted octanol–water partition coefficient (Wildman–Crippen LogP) is 2.08. The van der Waals surface area contributed by atoms with E-state index in [-0.39, 0.29) is 12.0 Å². The molecule has 1 aromatic carbocycles. The third-order valence-electron chi connectivity index (χ3n) is 2.79. The van der Waals surface area contributed by atoms with Crippen LogP contribution in [-0.2, 0) is 12.0 Å². The Morgan fingerprint density at radius 3 is 2.41 bits per heavy atom. The number of rotatable bonds is 4. The molecular formula is C14H23NO2. The number of benzene rings is 1. The van der Waals surface area contributed by atoms with Crippen LogP contribution in [-0.4, -0.2) is 23.4 Å². The Morgan fingerprint density at radius 2 is 1.88 bits per heavy atom. The smallest absolute Gasteiger partial charge is 0.122 e. The summed E-state index contributed by atoms with van der Waals surface area (Å²) in [6.45, 7) is 9.63. The minimum atomic E-state index is -0.0676. The number of aromatic hydroxyl groups is 1. The van der Waals surface area contributed by atoms with Crippen molar-refractivity contribution in [3.63, 3.8) is 0 Å². The standard InChI is InChI=1S/C14H23NO2/c1-10-7-11(9-15-5-6-16)8-12(13(10)17)14(2,3)4/h7-8,15-17H,5-6,9H2,1-4H3. The van der Waals surface area contributed by atoms with Crippen LogP contribution in [0.3, 0.4) is 0 Å². The van der Waals surface area contributed by atoms with Crippen LogP contribution in [0.25, 0.3) is 0 Å². The molecule has 0 bridgehead atoms. The van der Waals surface area contributed by atoms with E-state index in [1.807, 2.05) is 19.1 Å². The lowest BCUT2D eigenvalue weighted by atomic mass is 9.84. The highest BCUT2D eigenvalue weighted by Crippen LogP contribution is 2.33. The summed E-state index contributed by atoms with van der Waals surface area (Å²) in [6, 6.07) is 4.02. The van der Waals surface area contributed by atoms with Crippen molar-refractivity contribution in [3.05, 3.63) is 28.8 Å². The second-order valence-electron chi connectivity index (χ2n) is 5.46. The first-order chi connectivity index (χ1) is 7.86. The molecule has 0 unspecified atom stereocenters. The van der Waals surface area contributed by atoms with E-state index in [9.17, 15) is 5.11 Å². The van der Waals surface area contributed by atoms with Gasteiger partial charge in [0.15, 0.2) is 0 Å². The maximum atomic E-state index is 10.1. The second-order valence-corrected chi connectivity index (χ2v) is 5.46. The van der Waals surface area contributed by atoms with Crippen molar-refractivity contribution in [2.45, 2.75) is 39.7 Å². The quantitative estimate of drug-likeness (QED) is 0.703. The van der Waals surface area contributed by atoms with Crippen LogP contribution in [0.4, 0.5) is 0 Å². The van der Waals surface area contributed by atoms with Crippen LogP contribution >= 0.6 is 0 Å². The molecule has 0 saturated heterocycles. The van der Waals surface area contributed by atoms with E-state index in [0.717, 1.165) is 16.7 Å². The van der Waals surface area contributed by atoms with Crippen LogP contribution in [0.1, 0.15) is 37.5 Å². The fraction of sp³-hybridized carbons (Fsp3) is 0.571. The normalized spacial score (nSPS) is 11.8. The summed E-state index contributed by atoms with van der Waals surface area (Å²) in [6.07, 6.45) is 0. The van der Waals surface area contributed by atoms with Crippen LogP contribution < -0.4 is 5.32 Å². The number of nitrogens with one attached hydrogen (secondary N) is 1. The SMILES string of the molecule is Cc1cc(CNCCO)cc(C(C)(C)C)c1O. The van der Waals surface area contributed by atoms with E-state index in [1.165, 1.54) is 0 Å². The van der Waals surface area contributed by atoms with Crippen molar-refractivity contribution >= 4 is 0 Å². The fourth-order valence-corrected chi connectivity index (χ4v) is 1.84. The minimum Gasteiger partial charge on any atom is -0.507 e. The van der Waals surface area contributed by atoms with Gasteiger partial charge in [-0.25, -0.2) is 0 Å². The van der Waals surface area contributed by atoms with Gasteiger partial charge in [0.2, 0.25) is 0 Å². The molecule has 1 rings (SSSR count). The Morgan fingerprint density at radius 1 is 1.24 bits per heavy atom. The lowest BCUT2D eigenvalue weighted by Crippen LogP contribution is -2.19. The zero-order chi connectivity index (χ0) is 13.1. The molecular weight excluding hydrogens is 214 g/mol. The number of aryl methyl sites for hydroxylation is 1. The van der Waals surface area contributed by atoms with Gasteiger partial charge >= 0.3 is 0 Å². The summed E-state index contributed by atoms with van der Waals surface area (Å²) in [5, 5.41) is 21.9. The Bertz CT molecular complexity index is 381. The first kappa shape index (κ1) is 14.0. The molecule has 0 amide bonds. The van der Waals surface area contributed by atoms with Crippen LogP contribution in [0.15, 0.2) is 12.1 Å². The molecule has 0 aliphatic heterocycles. The number of hydrogen-bond acceptors (Lipinski definition) is 3. The first-order valence-electron chi connectivity index (χ1n) is 6.01. The highest BCUT2D eigenvalue weighted by Gasteiger charge is 2.19. The highest BCUT2D eigenvalue weighted by atomic mass is 16.3. The van der Waals surface area contributed by atoms with E-state index in [2.05, 4.69) is 26.1 Å². The third-order valence-corrected chi connectivity index (χ3v) is 2.79. The van der Waals surface area contributed by atoms with Crippen molar-refractivity contribution in [1.29, 1.82) is 0 Å². The largest absolute Gasteiger partial charge is 0.507 e. The third kappa shape index (κ3) is 3.72. The van der Waals surface area contributed by atoms with Gasteiger partial charge < -0.3 is 15.5 Å². The van der Waals surface area contributed by atoms with Gasteiger partial charge in [0, 0.05) is 13.1 Å². The maximum absolute atomic E-state index is 10.1. The zero-order valence-electron chi connectivity index (χ0n) is 11.2. The molecule has 0 fully saturated rings. The molecule has 0 radical (unpaired) electrons. The van der Waals surface area contributed by atoms with E-state index in [4.69, 9.17) is 5.11 Å². The van der Waals surface area contributed by atoms with Crippen molar-refractivity contribution < 1.29 is 10.2 Å². The number of phenolic OH excluding ortho intramolecular Hbond substituents is 1. The Hall–Kier alpha value is -1.06. The lowest BCUT2D eigenvalue weighted by molar-refractivity contribution is 0.292. The fourth-order valence-electron chi connectivity index (χ4n) is 1.84. The first-order valence-corrected chi connectivity index (χ1v) is 6.01. The molecule has 0 heterocycles. The second kappa shape index (κ2) is 5.52.